The second kappa shape index (κ2) is 7.50. The molecule has 9 heteroatoms. The average Bonchev–Trinajstić information content (AvgIpc) is 3.18. The van der Waals surface area contributed by atoms with Gasteiger partial charge in [0.2, 0.25) is 0 Å². The van der Waals surface area contributed by atoms with Gasteiger partial charge < -0.3 is 19.4 Å². The highest BCUT2D eigenvalue weighted by Crippen LogP contribution is 2.34. The van der Waals surface area contributed by atoms with Gasteiger partial charge in [-0.05, 0) is 39.0 Å². The molecule has 1 aliphatic rings. The van der Waals surface area contributed by atoms with Crippen LogP contribution in [0.25, 0.3) is 11.5 Å². The van der Waals surface area contributed by atoms with Crippen molar-refractivity contribution in [2.45, 2.75) is 32.9 Å². The fourth-order valence-corrected chi connectivity index (χ4v) is 2.99. The lowest BCUT2D eigenvalue weighted by molar-refractivity contribution is 0.0990. The number of nitrogens with one attached hydrogen (secondary N) is 1. The molecule has 4 rings (SSSR count). The number of fused-ring (bicyclic) bond motifs is 1. The average molecular weight is 397 g/mol. The number of aromatic nitrogens is 4. The minimum atomic E-state index is -0.699. The number of amides is 1. The number of hydrogen-bond acceptors (Lipinski definition) is 6. The monoisotopic (exact) mass is 397 g/mol. The summed E-state index contributed by atoms with van der Waals surface area (Å²) in [5.41, 5.74) is 0.393. The molecule has 150 valence electrons. The largest absolute Gasteiger partial charge is 0.486 e. The Bertz CT molecular complexity index is 1070. The normalized spacial score (nSPS) is 15.4. The molecule has 3 aromatic rings. The van der Waals surface area contributed by atoms with Gasteiger partial charge in [0.05, 0.1) is 5.56 Å². The van der Waals surface area contributed by atoms with Gasteiger partial charge in [-0.1, -0.05) is 6.07 Å². The van der Waals surface area contributed by atoms with Gasteiger partial charge in [-0.3, -0.25) is 4.79 Å². The van der Waals surface area contributed by atoms with Crippen LogP contribution >= 0.6 is 0 Å². The van der Waals surface area contributed by atoms with Crippen LogP contribution in [-0.4, -0.2) is 38.4 Å². The maximum absolute atomic E-state index is 14.4. The molecule has 1 aromatic carbocycles. The van der Waals surface area contributed by atoms with E-state index in [1.165, 1.54) is 6.07 Å². The van der Waals surface area contributed by atoms with Crippen LogP contribution < -0.4 is 14.8 Å². The van der Waals surface area contributed by atoms with Crippen molar-refractivity contribution in [3.05, 3.63) is 48.0 Å². The van der Waals surface area contributed by atoms with Gasteiger partial charge in [-0.2, -0.15) is 0 Å². The van der Waals surface area contributed by atoms with E-state index in [0.717, 1.165) is 6.07 Å². The zero-order chi connectivity index (χ0) is 20.5. The molecular formula is C20H20FN5O3. The number of nitrogens with zero attached hydrogens (tertiary/aromatic N) is 4. The molecule has 0 fully saturated rings. The quantitative estimate of drug-likeness (QED) is 0.725. The first kappa shape index (κ1) is 18.9. The summed E-state index contributed by atoms with van der Waals surface area (Å²) in [6, 6.07) is 7.77. The first-order chi connectivity index (χ1) is 13.9. The van der Waals surface area contributed by atoms with E-state index in [2.05, 4.69) is 20.5 Å². The first-order valence-electron chi connectivity index (χ1n) is 9.23. The molecule has 0 bridgehead atoms. The summed E-state index contributed by atoms with van der Waals surface area (Å²) in [6.45, 7) is 6.17. The van der Waals surface area contributed by atoms with Crippen molar-refractivity contribution in [3.63, 3.8) is 0 Å². The summed E-state index contributed by atoms with van der Waals surface area (Å²) in [5, 5.41) is 10.7. The highest BCUT2D eigenvalue weighted by Gasteiger charge is 2.23. The fourth-order valence-electron chi connectivity index (χ4n) is 2.99. The van der Waals surface area contributed by atoms with Crippen LogP contribution in [0.1, 0.15) is 37.2 Å². The number of anilines is 1. The lowest BCUT2D eigenvalue weighted by atomic mass is 10.1. The maximum atomic E-state index is 14.4. The van der Waals surface area contributed by atoms with Crippen molar-refractivity contribution in [2.75, 3.05) is 11.9 Å². The summed E-state index contributed by atoms with van der Waals surface area (Å²) in [5.74, 6) is 0.133. The molecule has 0 spiro atoms. The van der Waals surface area contributed by atoms with Crippen LogP contribution in [0.3, 0.4) is 0 Å². The third-order valence-corrected chi connectivity index (χ3v) is 4.43. The van der Waals surface area contributed by atoms with Gasteiger partial charge in [-0.15, -0.1) is 10.2 Å². The van der Waals surface area contributed by atoms with E-state index >= 15 is 0 Å². The van der Waals surface area contributed by atoms with E-state index < -0.39 is 11.7 Å². The Morgan fingerprint density at radius 3 is 2.93 bits per heavy atom. The Balaban J connectivity index is 1.60. The molecule has 0 saturated carbocycles. The Labute approximate surface area is 166 Å². The highest BCUT2D eigenvalue weighted by atomic mass is 19.1. The van der Waals surface area contributed by atoms with Gasteiger partial charge in [0.15, 0.2) is 17.3 Å². The van der Waals surface area contributed by atoms with E-state index in [4.69, 9.17) is 9.47 Å². The van der Waals surface area contributed by atoms with Gasteiger partial charge >= 0.3 is 0 Å². The topological polar surface area (TPSA) is 91.2 Å². The molecule has 0 saturated heterocycles. The molecule has 1 atom stereocenters. The van der Waals surface area contributed by atoms with E-state index in [1.54, 1.807) is 24.5 Å². The van der Waals surface area contributed by atoms with Crippen molar-refractivity contribution >= 4 is 11.7 Å². The number of carbonyl (C=O) groups is 1. The second-order valence-corrected chi connectivity index (χ2v) is 7.04. The summed E-state index contributed by atoms with van der Waals surface area (Å²) in [4.78, 5) is 17.1. The SMILES string of the molecule is CC1COc2cc(F)c(C(=O)Nc3cccc(-c4nncn4C(C)C)n3)cc2O1. The first-order valence-corrected chi connectivity index (χ1v) is 9.23. The van der Waals surface area contributed by atoms with Gasteiger partial charge in [0.25, 0.3) is 5.91 Å². The molecular weight excluding hydrogens is 377 g/mol. The van der Waals surface area contributed by atoms with Gasteiger partial charge in [0.1, 0.15) is 36.4 Å². The minimum Gasteiger partial charge on any atom is -0.486 e. The summed E-state index contributed by atoms with van der Waals surface area (Å²) in [7, 11) is 0. The molecule has 0 aliphatic carbocycles. The third kappa shape index (κ3) is 3.75. The molecule has 1 N–H and O–H groups in total. The smallest absolute Gasteiger partial charge is 0.259 e. The van der Waals surface area contributed by atoms with Crippen molar-refractivity contribution in [1.29, 1.82) is 0 Å². The molecule has 1 amide bonds. The minimum absolute atomic E-state index is 0.147. The van der Waals surface area contributed by atoms with Crippen LogP contribution in [0.2, 0.25) is 0 Å². The second-order valence-electron chi connectivity index (χ2n) is 7.04. The Hall–Kier alpha value is -3.49. The number of carbonyl (C=O) groups excluding carboxylic acids is 1. The molecule has 0 radical (unpaired) electrons. The van der Waals surface area contributed by atoms with Crippen LogP contribution in [0.15, 0.2) is 36.7 Å². The summed E-state index contributed by atoms with van der Waals surface area (Å²) in [6.07, 6.45) is 1.44. The third-order valence-electron chi connectivity index (χ3n) is 4.43. The van der Waals surface area contributed by atoms with Gasteiger partial charge in [-0.25, -0.2) is 9.37 Å². The van der Waals surface area contributed by atoms with E-state index in [0.29, 0.717) is 23.9 Å². The zero-order valence-electron chi connectivity index (χ0n) is 16.2. The molecule has 29 heavy (non-hydrogen) atoms. The molecule has 2 aromatic heterocycles. The zero-order valence-corrected chi connectivity index (χ0v) is 16.2. The lowest BCUT2D eigenvalue weighted by Gasteiger charge is -2.24. The van der Waals surface area contributed by atoms with Crippen molar-refractivity contribution in [1.82, 2.24) is 19.7 Å². The Morgan fingerprint density at radius 1 is 1.31 bits per heavy atom. The molecule has 3 heterocycles. The number of halogens is 1. The van der Waals surface area contributed by atoms with Gasteiger partial charge in [0, 0.05) is 12.1 Å². The van der Waals surface area contributed by atoms with E-state index in [1.807, 2.05) is 25.3 Å². The lowest BCUT2D eigenvalue weighted by Crippen LogP contribution is -2.26. The van der Waals surface area contributed by atoms with E-state index in [9.17, 15) is 9.18 Å². The van der Waals surface area contributed by atoms with Crippen LogP contribution in [0.5, 0.6) is 11.5 Å². The standard InChI is InChI=1S/C20H20FN5O3/c1-11(2)26-10-22-25-19(26)15-5-4-6-18(23-15)24-20(27)13-7-17-16(8-14(13)21)28-9-12(3)29-17/h4-8,10-12H,9H2,1-3H3,(H,23,24,27). The summed E-state index contributed by atoms with van der Waals surface area (Å²) >= 11 is 0. The molecule has 8 nitrogen and oxygen atoms in total. The molecule has 1 unspecified atom stereocenters. The number of pyridine rings is 1. The predicted octanol–water partition coefficient (Wildman–Crippen LogP) is 3.47. The Kier molecular flexibility index (Phi) is 4.87. The predicted molar refractivity (Wildman–Crippen MR) is 104 cm³/mol. The number of hydrogen-bond donors (Lipinski definition) is 1. The Morgan fingerprint density at radius 2 is 2.14 bits per heavy atom. The number of rotatable bonds is 4. The van der Waals surface area contributed by atoms with Crippen molar-refractivity contribution in [3.8, 4) is 23.0 Å². The fraction of sp³-hybridized carbons (Fsp3) is 0.300. The summed E-state index contributed by atoms with van der Waals surface area (Å²) < 4.78 is 27.4. The highest BCUT2D eigenvalue weighted by molar-refractivity contribution is 6.04. The van der Waals surface area contributed by atoms with E-state index in [-0.39, 0.29) is 29.3 Å². The van der Waals surface area contributed by atoms with Crippen LogP contribution in [-0.2, 0) is 0 Å². The number of benzene rings is 1. The van der Waals surface area contributed by atoms with Crippen LogP contribution in [0, 0.1) is 5.82 Å². The molecule has 1 aliphatic heterocycles. The van der Waals surface area contributed by atoms with Crippen molar-refractivity contribution < 1.29 is 18.7 Å². The maximum Gasteiger partial charge on any atom is 0.259 e. The van der Waals surface area contributed by atoms with Crippen molar-refractivity contribution in [2.24, 2.45) is 0 Å². The number of ether oxygens (including phenoxy) is 2. The van der Waals surface area contributed by atoms with Crippen LogP contribution in [0.4, 0.5) is 10.2 Å².